The van der Waals surface area contributed by atoms with Crippen molar-refractivity contribution in [3.05, 3.63) is 226 Å². The van der Waals surface area contributed by atoms with Crippen LogP contribution in [0.1, 0.15) is 72.4 Å². The molecule has 6 heteroatoms. The third-order valence-electron chi connectivity index (χ3n) is 14.2. The Morgan fingerprint density at radius 3 is 1.91 bits per heavy atom. The summed E-state index contributed by atoms with van der Waals surface area (Å²) in [7, 11) is 0. The topological polar surface area (TPSA) is 36.9 Å². The van der Waals surface area contributed by atoms with Crippen molar-refractivity contribution in [3.8, 4) is 56.4 Å². The summed E-state index contributed by atoms with van der Waals surface area (Å²) in [5.74, 6) is 1.97. The van der Waals surface area contributed by atoms with E-state index in [4.69, 9.17) is 13.8 Å². The van der Waals surface area contributed by atoms with E-state index in [9.17, 15) is 0 Å². The van der Waals surface area contributed by atoms with Crippen LogP contribution in [0, 0.1) is 10.7 Å². The van der Waals surface area contributed by atoms with Crippen molar-refractivity contribution in [2.45, 2.75) is 64.8 Å². The molecule has 1 aliphatic carbocycles. The molecular weight excluding hydrogens is 1040 g/mol. The Kier molecular flexibility index (Phi) is 10.4. The molecule has 12 rings (SSSR count). The molecule has 0 fully saturated rings. The number of fused-ring (bicyclic) bond motifs is 5. The standard InChI is InChI=1S/C64H54N4O.Pt/c1-43-38-62(65-41-56(43)47-30-33-48(34-31-47)64(2,3)4)68-58-27-14-12-23-53(58)54-37-36-50(40-61(54)68)69-49-35-32-46-22-11-13-26-57(55(46)39-49)66-42-67(60-29-16-15-28-59(60)66)63-51(44-18-7-5-8-19-44)24-17-25-52(63)45-20-9-6-10-21-45;/h5-10,12,14-21,23-25,27-41,57H,11,13,22,26H2,1-4H3;/i1D3;. The first kappa shape index (κ1) is 40.5. The van der Waals surface area contributed by atoms with Gasteiger partial charge in [-0.2, -0.15) is 0 Å². The summed E-state index contributed by atoms with van der Waals surface area (Å²) in [6, 6.07) is 68.0. The molecule has 1 atom stereocenters. The van der Waals surface area contributed by atoms with Crippen molar-refractivity contribution in [3.63, 3.8) is 0 Å². The Bertz CT molecular complexity index is 3880. The van der Waals surface area contributed by atoms with Gasteiger partial charge in [0.1, 0.15) is 0 Å². The van der Waals surface area contributed by atoms with Crippen LogP contribution in [0.2, 0.25) is 0 Å². The van der Waals surface area contributed by atoms with E-state index < -0.39 is 6.85 Å². The Morgan fingerprint density at radius 2 is 1.20 bits per heavy atom. The second-order valence-corrected chi connectivity index (χ2v) is 20.6. The first-order chi connectivity index (χ1) is 35.4. The number of pyridine rings is 1. The number of ether oxygens (including phenoxy) is 1. The molecule has 70 heavy (non-hydrogen) atoms. The van der Waals surface area contributed by atoms with Crippen LogP contribution < -0.4 is 4.74 Å². The SMILES string of the molecule is [2H]C([2H])([2H])c1cc(-n2c3ccccc3c3ccc(Oc4ccc5c(c4)C(n4[c](=[Pt])n(-c6c(-c7ccccc7)cccc6-c6ccccc6)c6ccccc64)CCCC5)cc32)ncc1-c1ccc(C(C)(C)C)cc1. The van der Waals surface area contributed by atoms with Gasteiger partial charge in [-0.05, 0) is 41.1 Å². The van der Waals surface area contributed by atoms with Crippen molar-refractivity contribution in [1.82, 2.24) is 18.7 Å². The molecule has 1 unspecified atom stereocenters. The monoisotopic (exact) mass is 1090 g/mol. The molecule has 0 spiro atoms. The van der Waals surface area contributed by atoms with Gasteiger partial charge in [0.05, 0.1) is 0 Å². The van der Waals surface area contributed by atoms with E-state index in [2.05, 4.69) is 212 Å². The van der Waals surface area contributed by atoms with E-state index in [0.717, 1.165) is 73.8 Å². The van der Waals surface area contributed by atoms with Crippen LogP contribution >= 0.6 is 0 Å². The van der Waals surface area contributed by atoms with Crippen LogP contribution in [0.25, 0.3) is 77.7 Å². The molecule has 3 heterocycles. The van der Waals surface area contributed by atoms with Crippen LogP contribution in [0.5, 0.6) is 11.5 Å². The van der Waals surface area contributed by atoms with Gasteiger partial charge in [-0.15, -0.1) is 0 Å². The molecule has 11 aromatic rings. The number of para-hydroxylation sites is 4. The summed E-state index contributed by atoms with van der Waals surface area (Å²) >= 11 is 2.58. The smallest absolute Gasteiger partial charge is 0.0374 e. The predicted octanol–water partition coefficient (Wildman–Crippen LogP) is 16.7. The maximum Gasteiger partial charge on any atom is 0.0374 e. The van der Waals surface area contributed by atoms with Gasteiger partial charge in [0.2, 0.25) is 0 Å². The molecule has 5 nitrogen and oxygen atoms in total. The molecule has 8 aromatic carbocycles. The fraction of sp³-hybridized carbons (Fsp3) is 0.156. The Hall–Kier alpha value is -7.33. The third kappa shape index (κ3) is 7.78. The molecule has 0 saturated heterocycles. The van der Waals surface area contributed by atoms with E-state index in [1.54, 1.807) is 12.3 Å². The second kappa shape index (κ2) is 17.9. The summed E-state index contributed by atoms with van der Waals surface area (Å²) in [4.78, 5) is 5.01. The number of nitrogens with zero attached hydrogens (tertiary/aromatic N) is 4. The number of hydrogen-bond acceptors (Lipinski definition) is 2. The first-order valence-electron chi connectivity index (χ1n) is 25.8. The molecule has 0 aliphatic heterocycles. The molecule has 0 saturated carbocycles. The summed E-state index contributed by atoms with van der Waals surface area (Å²) in [5, 5.41) is 2.07. The van der Waals surface area contributed by atoms with Crippen LogP contribution in [-0.2, 0) is 31.2 Å². The number of benzene rings is 8. The van der Waals surface area contributed by atoms with Crippen molar-refractivity contribution >= 4 is 32.8 Å². The number of aryl methyl sites for hydroxylation is 2. The molecule has 0 N–H and O–H groups in total. The Balaban J connectivity index is 0.962. The summed E-state index contributed by atoms with van der Waals surface area (Å²) < 4.78 is 41.3. The maximum atomic E-state index is 8.71. The van der Waals surface area contributed by atoms with Crippen molar-refractivity contribution < 1.29 is 28.2 Å². The van der Waals surface area contributed by atoms with Gasteiger partial charge in [-0.3, -0.25) is 0 Å². The molecular formula is C64H54N4OPt. The van der Waals surface area contributed by atoms with Crippen molar-refractivity contribution in [2.24, 2.45) is 0 Å². The fourth-order valence-corrected chi connectivity index (χ4v) is 11.9. The van der Waals surface area contributed by atoms with Crippen LogP contribution in [-0.4, -0.2) is 18.7 Å². The molecule has 346 valence electrons. The Morgan fingerprint density at radius 1 is 0.571 bits per heavy atom. The summed E-state index contributed by atoms with van der Waals surface area (Å²) in [5.41, 5.74) is 15.4. The minimum atomic E-state index is -2.38. The van der Waals surface area contributed by atoms with Crippen LogP contribution in [0.15, 0.2) is 200 Å². The number of aromatic nitrogens is 4. The first-order valence-corrected chi connectivity index (χ1v) is 25.4. The average molecular weight is 1090 g/mol. The number of hydrogen-bond donors (Lipinski definition) is 0. The van der Waals surface area contributed by atoms with Gasteiger partial charge in [0.25, 0.3) is 0 Å². The minimum Gasteiger partial charge on any atom is -0.238 e. The zero-order valence-electron chi connectivity index (χ0n) is 42.5. The van der Waals surface area contributed by atoms with E-state index >= 15 is 0 Å². The minimum absolute atomic E-state index is 0.0276. The zero-order valence-corrected chi connectivity index (χ0v) is 41.7. The van der Waals surface area contributed by atoms with Crippen molar-refractivity contribution in [1.29, 1.82) is 0 Å². The second-order valence-electron chi connectivity index (χ2n) is 19.5. The van der Waals surface area contributed by atoms with Crippen LogP contribution in [0.4, 0.5) is 0 Å². The van der Waals surface area contributed by atoms with Gasteiger partial charge in [-0.1, -0.05) is 63.2 Å². The van der Waals surface area contributed by atoms with E-state index in [0.29, 0.717) is 17.1 Å². The summed E-state index contributed by atoms with van der Waals surface area (Å²) in [6.07, 6.45) is 5.90. The fourth-order valence-electron chi connectivity index (χ4n) is 10.7. The summed E-state index contributed by atoms with van der Waals surface area (Å²) in [6.45, 7) is 4.14. The largest absolute Gasteiger partial charge is 0.238 e. The molecule has 1 aliphatic rings. The van der Waals surface area contributed by atoms with E-state index in [-0.39, 0.29) is 17.0 Å². The zero-order chi connectivity index (χ0) is 50.0. The molecule has 0 amide bonds. The van der Waals surface area contributed by atoms with Crippen molar-refractivity contribution in [2.75, 3.05) is 0 Å². The molecule has 0 radical (unpaired) electrons. The maximum absolute atomic E-state index is 8.71. The quantitative estimate of drug-likeness (QED) is 0.142. The van der Waals surface area contributed by atoms with E-state index in [1.165, 1.54) is 44.5 Å². The predicted molar refractivity (Wildman–Crippen MR) is 285 cm³/mol. The number of imidazole rings is 1. The van der Waals surface area contributed by atoms with Gasteiger partial charge < -0.3 is 0 Å². The number of rotatable bonds is 8. The molecule has 0 bridgehead atoms. The Labute approximate surface area is 424 Å². The average Bonchev–Trinajstić information content (AvgIpc) is 3.79. The van der Waals surface area contributed by atoms with Gasteiger partial charge >= 0.3 is 302 Å². The molecule has 3 aromatic heterocycles. The third-order valence-corrected chi connectivity index (χ3v) is 15.2. The van der Waals surface area contributed by atoms with Gasteiger partial charge in [0, 0.05) is 15.9 Å². The van der Waals surface area contributed by atoms with Gasteiger partial charge in [0.15, 0.2) is 0 Å². The van der Waals surface area contributed by atoms with Gasteiger partial charge in [-0.25, -0.2) is 4.98 Å². The van der Waals surface area contributed by atoms with Crippen LogP contribution in [0.3, 0.4) is 0 Å². The van der Waals surface area contributed by atoms with E-state index in [1.807, 2.05) is 30.3 Å². The normalized spacial score (nSPS) is 14.8.